The molecule has 24 heavy (non-hydrogen) atoms. The monoisotopic (exact) mass is 332 g/mol. The predicted molar refractivity (Wildman–Crippen MR) is 105 cm³/mol. The summed E-state index contributed by atoms with van der Waals surface area (Å²) in [5.41, 5.74) is 3.15. The number of carbonyl (C=O) groups is 1. The zero-order valence-corrected chi connectivity index (χ0v) is 15.9. The number of rotatable bonds is 12. The normalized spacial score (nSPS) is 10.6. The van der Waals surface area contributed by atoms with Gasteiger partial charge in [0, 0.05) is 12.2 Å². The minimum atomic E-state index is -0.0976. The van der Waals surface area contributed by atoms with Gasteiger partial charge < -0.3 is 10.6 Å². The number of aryl methyl sites for hydroxylation is 2. The van der Waals surface area contributed by atoms with Crippen LogP contribution in [0.5, 0.6) is 0 Å². The second kappa shape index (κ2) is 12.9. The Labute approximate surface area is 148 Å². The molecule has 0 aliphatic rings. The fourth-order valence-corrected chi connectivity index (χ4v) is 2.85. The van der Waals surface area contributed by atoms with Crippen LogP contribution in [0.25, 0.3) is 0 Å². The maximum atomic E-state index is 11.9. The first-order valence-corrected chi connectivity index (χ1v) is 9.75. The molecule has 0 aromatic heterocycles. The molecule has 136 valence electrons. The van der Waals surface area contributed by atoms with Gasteiger partial charge in [-0.1, -0.05) is 76.8 Å². The molecule has 0 heterocycles. The second-order valence-electron chi connectivity index (χ2n) is 6.88. The van der Waals surface area contributed by atoms with Gasteiger partial charge in [0.1, 0.15) is 0 Å². The standard InChI is InChI=1S/C21H36N2O/c1-4-5-6-7-8-9-10-11-12-13-16-22-21(24)23-20-17-18(2)14-15-19(20)3/h14-15,17H,4-13,16H2,1-3H3,(H2,22,23,24). The van der Waals surface area contributed by atoms with Crippen molar-refractivity contribution in [3.63, 3.8) is 0 Å². The van der Waals surface area contributed by atoms with E-state index in [2.05, 4.69) is 23.6 Å². The lowest BCUT2D eigenvalue weighted by Crippen LogP contribution is -2.29. The summed E-state index contributed by atoms with van der Waals surface area (Å²) in [6, 6.07) is 6.00. The molecule has 0 saturated heterocycles. The Morgan fingerprint density at radius 3 is 2.08 bits per heavy atom. The van der Waals surface area contributed by atoms with E-state index in [0.29, 0.717) is 0 Å². The molecule has 2 N–H and O–H groups in total. The number of nitrogens with one attached hydrogen (secondary N) is 2. The minimum absolute atomic E-state index is 0.0976. The molecule has 0 spiro atoms. The van der Waals surface area contributed by atoms with Gasteiger partial charge in [0.15, 0.2) is 0 Å². The summed E-state index contributed by atoms with van der Waals surface area (Å²) in [5, 5.41) is 5.89. The van der Waals surface area contributed by atoms with Crippen LogP contribution in [0.4, 0.5) is 10.5 Å². The summed E-state index contributed by atoms with van der Waals surface area (Å²) in [6.07, 6.45) is 13.1. The third kappa shape index (κ3) is 9.59. The van der Waals surface area contributed by atoms with E-state index in [4.69, 9.17) is 0 Å². The number of urea groups is 1. The second-order valence-corrected chi connectivity index (χ2v) is 6.88. The number of carbonyl (C=O) groups excluding carboxylic acids is 1. The zero-order valence-electron chi connectivity index (χ0n) is 15.9. The lowest BCUT2D eigenvalue weighted by atomic mass is 10.1. The largest absolute Gasteiger partial charge is 0.338 e. The highest BCUT2D eigenvalue weighted by Gasteiger charge is 2.03. The van der Waals surface area contributed by atoms with Crippen molar-refractivity contribution in [2.75, 3.05) is 11.9 Å². The van der Waals surface area contributed by atoms with Gasteiger partial charge in [0.05, 0.1) is 0 Å². The summed E-state index contributed by atoms with van der Waals surface area (Å²) in [6.45, 7) is 7.06. The van der Waals surface area contributed by atoms with Crippen LogP contribution in [0.2, 0.25) is 0 Å². The number of amides is 2. The van der Waals surface area contributed by atoms with Gasteiger partial charge in [-0.3, -0.25) is 0 Å². The lowest BCUT2D eigenvalue weighted by Gasteiger charge is -2.10. The first kappa shape index (κ1) is 20.5. The van der Waals surface area contributed by atoms with E-state index in [1.54, 1.807) is 0 Å². The lowest BCUT2D eigenvalue weighted by molar-refractivity contribution is 0.252. The topological polar surface area (TPSA) is 41.1 Å². The van der Waals surface area contributed by atoms with Crippen LogP contribution in [-0.2, 0) is 0 Å². The Balaban J connectivity index is 1.99. The number of benzene rings is 1. The van der Waals surface area contributed by atoms with E-state index in [9.17, 15) is 4.79 Å². The van der Waals surface area contributed by atoms with Crippen LogP contribution in [0, 0.1) is 13.8 Å². The van der Waals surface area contributed by atoms with Gasteiger partial charge in [-0.25, -0.2) is 4.79 Å². The fraction of sp³-hybridized carbons (Fsp3) is 0.667. The molecule has 3 nitrogen and oxygen atoms in total. The smallest absolute Gasteiger partial charge is 0.319 e. The van der Waals surface area contributed by atoms with Crippen LogP contribution in [0.3, 0.4) is 0 Å². The molecule has 3 heteroatoms. The van der Waals surface area contributed by atoms with Crippen LogP contribution < -0.4 is 10.6 Å². The highest BCUT2D eigenvalue weighted by molar-refractivity contribution is 5.90. The van der Waals surface area contributed by atoms with Gasteiger partial charge in [-0.2, -0.15) is 0 Å². The number of hydrogen-bond donors (Lipinski definition) is 2. The van der Waals surface area contributed by atoms with Crippen molar-refractivity contribution in [2.24, 2.45) is 0 Å². The maximum absolute atomic E-state index is 11.9. The highest BCUT2D eigenvalue weighted by Crippen LogP contribution is 2.16. The molecule has 2 amide bonds. The van der Waals surface area contributed by atoms with E-state index >= 15 is 0 Å². The number of unbranched alkanes of at least 4 members (excludes halogenated alkanes) is 9. The average molecular weight is 333 g/mol. The van der Waals surface area contributed by atoms with Crippen molar-refractivity contribution < 1.29 is 4.79 Å². The van der Waals surface area contributed by atoms with Crippen LogP contribution in [0.15, 0.2) is 18.2 Å². The minimum Gasteiger partial charge on any atom is -0.338 e. The quantitative estimate of drug-likeness (QED) is 0.430. The Morgan fingerprint density at radius 1 is 0.875 bits per heavy atom. The fourth-order valence-electron chi connectivity index (χ4n) is 2.85. The summed E-state index contributed by atoms with van der Waals surface area (Å²) in [5.74, 6) is 0. The SMILES string of the molecule is CCCCCCCCCCCCNC(=O)Nc1cc(C)ccc1C. The van der Waals surface area contributed by atoms with E-state index < -0.39 is 0 Å². The molecule has 0 aliphatic carbocycles. The van der Waals surface area contributed by atoms with Gasteiger partial charge in [-0.15, -0.1) is 0 Å². The summed E-state index contributed by atoms with van der Waals surface area (Å²) >= 11 is 0. The van der Waals surface area contributed by atoms with Crippen molar-refractivity contribution in [2.45, 2.75) is 85.0 Å². The van der Waals surface area contributed by atoms with Gasteiger partial charge in [-0.05, 0) is 37.5 Å². The summed E-state index contributed by atoms with van der Waals surface area (Å²) < 4.78 is 0. The maximum Gasteiger partial charge on any atom is 0.319 e. The molecule has 0 unspecified atom stereocenters. The van der Waals surface area contributed by atoms with E-state index in [1.165, 1.54) is 57.8 Å². The third-order valence-electron chi connectivity index (χ3n) is 4.46. The van der Waals surface area contributed by atoms with Crippen molar-refractivity contribution in [1.29, 1.82) is 0 Å². The van der Waals surface area contributed by atoms with Crippen molar-refractivity contribution >= 4 is 11.7 Å². The van der Waals surface area contributed by atoms with E-state index in [-0.39, 0.29) is 6.03 Å². The van der Waals surface area contributed by atoms with Crippen molar-refractivity contribution in [1.82, 2.24) is 5.32 Å². The summed E-state index contributed by atoms with van der Waals surface area (Å²) in [7, 11) is 0. The number of anilines is 1. The van der Waals surface area contributed by atoms with Crippen LogP contribution in [0.1, 0.15) is 82.3 Å². The average Bonchev–Trinajstić information content (AvgIpc) is 2.56. The molecular weight excluding hydrogens is 296 g/mol. The van der Waals surface area contributed by atoms with Crippen LogP contribution >= 0.6 is 0 Å². The van der Waals surface area contributed by atoms with Gasteiger partial charge in [0.2, 0.25) is 0 Å². The molecule has 0 fully saturated rings. The zero-order chi connectivity index (χ0) is 17.6. The van der Waals surface area contributed by atoms with Gasteiger partial charge >= 0.3 is 6.03 Å². The molecule has 0 radical (unpaired) electrons. The number of hydrogen-bond acceptors (Lipinski definition) is 1. The van der Waals surface area contributed by atoms with E-state index in [0.717, 1.165) is 29.8 Å². The molecule has 0 aliphatic heterocycles. The summed E-state index contributed by atoms with van der Waals surface area (Å²) in [4.78, 5) is 11.9. The predicted octanol–water partition coefficient (Wildman–Crippen LogP) is 6.35. The first-order valence-electron chi connectivity index (χ1n) is 9.75. The molecule has 0 saturated carbocycles. The molecule has 1 aromatic carbocycles. The molecule has 1 rings (SSSR count). The Bertz CT molecular complexity index is 471. The Morgan fingerprint density at radius 2 is 1.46 bits per heavy atom. The van der Waals surface area contributed by atoms with Gasteiger partial charge in [0.25, 0.3) is 0 Å². The van der Waals surface area contributed by atoms with E-state index in [1.807, 2.05) is 26.0 Å². The highest BCUT2D eigenvalue weighted by atomic mass is 16.2. The van der Waals surface area contributed by atoms with Crippen molar-refractivity contribution in [3.8, 4) is 0 Å². The van der Waals surface area contributed by atoms with Crippen molar-refractivity contribution in [3.05, 3.63) is 29.3 Å². The molecular formula is C21H36N2O. The first-order chi connectivity index (χ1) is 11.6. The Hall–Kier alpha value is -1.51. The third-order valence-corrected chi connectivity index (χ3v) is 4.46. The molecule has 0 atom stereocenters. The Kier molecular flexibility index (Phi) is 11.0. The molecule has 0 bridgehead atoms. The molecule has 1 aromatic rings. The van der Waals surface area contributed by atoms with Crippen LogP contribution in [-0.4, -0.2) is 12.6 Å².